The van der Waals surface area contributed by atoms with Crippen LogP contribution in [0.4, 0.5) is 17.6 Å². The summed E-state index contributed by atoms with van der Waals surface area (Å²) >= 11 is 8.12. The maximum atomic E-state index is 12.6. The molecule has 0 aliphatic rings. The summed E-state index contributed by atoms with van der Waals surface area (Å²) in [5.74, 6) is -6.23. The molecule has 0 aliphatic heterocycles. The van der Waals surface area contributed by atoms with Gasteiger partial charge in [0.2, 0.25) is 0 Å². The van der Waals surface area contributed by atoms with Gasteiger partial charge in [0, 0.05) is 0 Å². The minimum absolute atomic E-state index is 0.246. The zero-order valence-corrected chi connectivity index (χ0v) is 29.7. The summed E-state index contributed by atoms with van der Waals surface area (Å²) in [6.45, 7) is 2.41. The molecule has 0 saturated carbocycles. The molecule has 0 amide bonds. The Labute approximate surface area is 260 Å². The molecule has 4 aromatic carbocycles. The third-order valence-corrected chi connectivity index (χ3v) is 12.0. The van der Waals surface area contributed by atoms with Crippen molar-refractivity contribution >= 4 is 106 Å². The molecule has 186 valence electrons. The van der Waals surface area contributed by atoms with Crippen LogP contribution >= 0.6 is 89.7 Å². The first-order chi connectivity index (χ1) is 16.7. The average Bonchev–Trinajstić information content (AvgIpc) is 2.91. The van der Waals surface area contributed by atoms with Gasteiger partial charge in [-0.1, -0.05) is 54.6 Å². The van der Waals surface area contributed by atoms with Crippen LogP contribution in [0.25, 0.3) is 0 Å². The van der Waals surface area contributed by atoms with Gasteiger partial charge < -0.3 is 0 Å². The third kappa shape index (κ3) is 8.33. The Morgan fingerprint density at radius 2 is 0.743 bits per heavy atom. The number of benzene rings is 4. The first-order valence-electron chi connectivity index (χ1n) is 9.77. The van der Waals surface area contributed by atoms with E-state index in [-0.39, 0.29) is 7.14 Å². The van der Waals surface area contributed by atoms with Gasteiger partial charge in [-0.25, -0.2) is 17.6 Å². The van der Waals surface area contributed by atoms with Crippen molar-refractivity contribution < 1.29 is 30.8 Å². The average molecular weight is 1060 g/mol. The van der Waals surface area contributed by atoms with Gasteiger partial charge >= 0.3 is 50.5 Å². The molecule has 0 atom stereocenters. The molecule has 0 aliphatic carbocycles. The Morgan fingerprint density at radius 1 is 0.514 bits per heavy atom. The molecule has 0 bridgehead atoms. The molecule has 0 heterocycles. The molecular formula is C25H18F4I5P. The number of hydrogen-bond acceptors (Lipinski definition) is 0. The second-order valence-electron chi connectivity index (χ2n) is 6.95. The predicted octanol–water partition coefficient (Wildman–Crippen LogP) is 5.84. The molecule has 0 N–H and O–H groups in total. The van der Waals surface area contributed by atoms with Crippen LogP contribution in [0.1, 0.15) is 0 Å². The fraction of sp³-hybridized carbons (Fsp3) is 0.0400. The molecule has 0 fully saturated rings. The molecule has 0 radical (unpaired) electrons. The van der Waals surface area contributed by atoms with Crippen molar-refractivity contribution in [2.24, 2.45) is 0 Å². The molecule has 35 heavy (non-hydrogen) atoms. The fourth-order valence-corrected chi connectivity index (χ4v) is 7.35. The van der Waals surface area contributed by atoms with Gasteiger partial charge in [0.05, 0.1) is 13.8 Å². The Kier molecular flexibility index (Phi) is 14.5. The van der Waals surface area contributed by atoms with Crippen molar-refractivity contribution in [1.29, 1.82) is 0 Å². The van der Waals surface area contributed by atoms with Crippen LogP contribution in [-0.4, -0.2) is 6.66 Å². The van der Waals surface area contributed by atoms with Crippen molar-refractivity contribution in [3.8, 4) is 0 Å². The van der Waals surface area contributed by atoms with Crippen LogP contribution in [0, 0.1) is 30.4 Å². The number of rotatable bonds is 3. The molecule has 0 saturated heterocycles. The Balaban J connectivity index is 0.000000246. The molecule has 4 aromatic rings. The topological polar surface area (TPSA) is 0 Å². The van der Waals surface area contributed by atoms with Crippen LogP contribution in [0.3, 0.4) is 0 Å². The summed E-state index contributed by atoms with van der Waals surface area (Å²) in [4.78, 5) is 0. The molecule has 0 unspecified atom stereocenters. The van der Waals surface area contributed by atoms with Crippen LogP contribution in [0.2, 0.25) is 0 Å². The van der Waals surface area contributed by atoms with E-state index in [2.05, 4.69) is 135 Å². The Morgan fingerprint density at radius 3 is 0.971 bits per heavy atom. The van der Waals surface area contributed by atoms with Crippen molar-refractivity contribution in [3.05, 3.63) is 121 Å². The zero-order valence-electron chi connectivity index (χ0n) is 18.0. The van der Waals surface area contributed by atoms with Crippen molar-refractivity contribution in [3.63, 3.8) is 0 Å². The summed E-state index contributed by atoms with van der Waals surface area (Å²) in [7, 11) is -1.53. The monoisotopic (exact) mass is 1060 g/mol. The normalized spacial score (nSPS) is 10.7. The fourth-order valence-electron chi connectivity index (χ4n) is 3.20. The first-order valence-corrected chi connectivity index (χ1v) is 26.7. The standard InChI is InChI=1S/C19H18P.C6F4I2.I3/c1-20(17-11-5-2-6-12-17,18-13-7-3-8-14-18)19-15-9-4-10-16-19;7-1-2(8)4(10)6(12)5(11)3(1)9;1-3-2/h2-16H,1H3;;/q+1;;-1. The summed E-state index contributed by atoms with van der Waals surface area (Å²) in [6, 6.07) is 32.6. The van der Waals surface area contributed by atoms with Crippen molar-refractivity contribution in [1.82, 2.24) is 0 Å². The van der Waals surface area contributed by atoms with E-state index < -0.39 is 30.5 Å². The maximum absolute atomic E-state index is 12.6. The van der Waals surface area contributed by atoms with E-state index in [0.29, 0.717) is 13.3 Å². The number of hydrogen-bond donors (Lipinski definition) is 0. The van der Waals surface area contributed by atoms with Crippen LogP contribution in [0.15, 0.2) is 91.0 Å². The summed E-state index contributed by atoms with van der Waals surface area (Å²) < 4.78 is 49.7. The summed E-state index contributed by atoms with van der Waals surface area (Å²) in [6.07, 6.45) is 0. The van der Waals surface area contributed by atoms with Crippen LogP contribution < -0.4 is 29.2 Å². The molecule has 4 rings (SSSR count). The van der Waals surface area contributed by atoms with E-state index in [1.165, 1.54) is 61.1 Å². The SMILES string of the molecule is C[P+](c1ccccc1)(c1ccccc1)c1ccccc1.Fc1c(F)c(F)c(I)c(I)c1F.I[I-]I. The predicted molar refractivity (Wildman–Crippen MR) is 171 cm³/mol. The number of halogens is 9. The molecule has 10 heteroatoms. The third-order valence-electron chi connectivity index (χ3n) is 4.97. The minimum atomic E-state index is -1.77. The molecule has 0 nitrogen and oxygen atoms in total. The van der Waals surface area contributed by atoms with E-state index >= 15 is 0 Å². The molecule has 0 spiro atoms. The van der Waals surface area contributed by atoms with Crippen molar-refractivity contribution in [2.75, 3.05) is 6.66 Å². The van der Waals surface area contributed by atoms with Crippen LogP contribution in [0.5, 0.6) is 0 Å². The van der Waals surface area contributed by atoms with E-state index in [0.717, 1.165) is 0 Å². The van der Waals surface area contributed by atoms with Gasteiger partial charge in [-0.05, 0) is 81.6 Å². The zero-order chi connectivity index (χ0) is 26.0. The van der Waals surface area contributed by atoms with Gasteiger partial charge in [0.15, 0.2) is 23.3 Å². The van der Waals surface area contributed by atoms with Gasteiger partial charge in [-0.15, -0.1) is 0 Å². The molecule has 0 aromatic heterocycles. The van der Waals surface area contributed by atoms with Gasteiger partial charge in [-0.3, -0.25) is 0 Å². The summed E-state index contributed by atoms with van der Waals surface area (Å²) in [5, 5.41) is 4.28. The summed E-state index contributed by atoms with van der Waals surface area (Å²) in [5.41, 5.74) is 0. The quantitative estimate of drug-likeness (QED) is 0.0797. The Bertz CT molecular complexity index is 1010. The van der Waals surface area contributed by atoms with Gasteiger partial charge in [0.25, 0.3) is 0 Å². The Hall–Kier alpha value is 0.680. The van der Waals surface area contributed by atoms with Gasteiger partial charge in [-0.2, -0.15) is 0 Å². The second kappa shape index (κ2) is 15.9. The van der Waals surface area contributed by atoms with E-state index in [9.17, 15) is 17.6 Å². The van der Waals surface area contributed by atoms with E-state index in [1.54, 1.807) is 0 Å². The first kappa shape index (κ1) is 31.9. The second-order valence-corrected chi connectivity index (χ2v) is 28.9. The van der Waals surface area contributed by atoms with Crippen LogP contribution in [-0.2, 0) is 0 Å². The van der Waals surface area contributed by atoms with E-state index in [4.69, 9.17) is 0 Å². The van der Waals surface area contributed by atoms with Crippen molar-refractivity contribution in [2.45, 2.75) is 0 Å². The van der Waals surface area contributed by atoms with Gasteiger partial charge in [0.1, 0.15) is 23.2 Å². The molecular weight excluding hydrogens is 1040 g/mol. The van der Waals surface area contributed by atoms with E-state index in [1.807, 2.05) is 0 Å².